The van der Waals surface area contributed by atoms with E-state index in [-0.39, 0.29) is 10.8 Å². The van der Waals surface area contributed by atoms with Gasteiger partial charge in [-0.25, -0.2) is 13.1 Å². The van der Waals surface area contributed by atoms with Gasteiger partial charge in [0.05, 0.1) is 10.6 Å². The molecule has 0 unspecified atom stereocenters. The smallest absolute Gasteiger partial charge is 0.264 e. The molecule has 0 saturated heterocycles. The van der Waals surface area contributed by atoms with Gasteiger partial charge in [0.25, 0.3) is 10.0 Å². The van der Waals surface area contributed by atoms with E-state index in [0.29, 0.717) is 15.9 Å². The van der Waals surface area contributed by atoms with Gasteiger partial charge in [-0.05, 0) is 41.1 Å². The molecule has 2 rings (SSSR count). The van der Waals surface area contributed by atoms with Crippen LogP contribution in [0.2, 0.25) is 0 Å². The molecule has 3 N–H and O–H groups in total. The van der Waals surface area contributed by atoms with Crippen LogP contribution in [0.4, 0.5) is 11.6 Å². The predicted molar refractivity (Wildman–Crippen MR) is 70.6 cm³/mol. The lowest BCUT2D eigenvalue weighted by Gasteiger charge is -2.06. The van der Waals surface area contributed by atoms with E-state index in [1.165, 1.54) is 18.2 Å². The molecule has 0 atom stereocenters. The number of anilines is 2. The number of hydrogen-bond donors (Lipinski definition) is 2. The standard InChI is InChI=1S/C10H10BrN3O3S/c1-6-4-10(17-13-6)14-18(15,16)7-2-3-8(11)9(12)5-7/h2-5,14H,12H2,1H3. The first-order chi connectivity index (χ1) is 8.38. The van der Waals surface area contributed by atoms with Crippen LogP contribution in [-0.4, -0.2) is 13.6 Å². The van der Waals surface area contributed by atoms with Crippen LogP contribution in [0, 0.1) is 6.92 Å². The Morgan fingerprint density at radius 1 is 1.39 bits per heavy atom. The zero-order chi connectivity index (χ0) is 13.3. The molecule has 0 aliphatic heterocycles. The van der Waals surface area contributed by atoms with Crippen molar-refractivity contribution in [3.63, 3.8) is 0 Å². The summed E-state index contributed by atoms with van der Waals surface area (Å²) in [4.78, 5) is 0.0530. The zero-order valence-corrected chi connectivity index (χ0v) is 11.7. The molecule has 0 amide bonds. The van der Waals surface area contributed by atoms with Crippen LogP contribution in [-0.2, 0) is 10.0 Å². The summed E-state index contributed by atoms with van der Waals surface area (Å²) in [5.74, 6) is 0.0639. The Labute approximate surface area is 112 Å². The Balaban J connectivity index is 2.33. The largest absolute Gasteiger partial charge is 0.398 e. The third kappa shape index (κ3) is 2.65. The highest BCUT2D eigenvalue weighted by Crippen LogP contribution is 2.24. The fourth-order valence-corrected chi connectivity index (χ4v) is 2.55. The SMILES string of the molecule is Cc1cc(NS(=O)(=O)c2ccc(Br)c(N)c2)on1. The van der Waals surface area contributed by atoms with Crippen LogP contribution in [0.15, 0.2) is 38.2 Å². The fraction of sp³-hybridized carbons (Fsp3) is 0.100. The highest BCUT2D eigenvalue weighted by Gasteiger charge is 2.17. The Morgan fingerprint density at radius 2 is 2.11 bits per heavy atom. The summed E-state index contributed by atoms with van der Waals surface area (Å²) in [5, 5.41) is 3.59. The number of aryl methyl sites for hydroxylation is 1. The van der Waals surface area contributed by atoms with Gasteiger partial charge in [-0.2, -0.15) is 0 Å². The van der Waals surface area contributed by atoms with Gasteiger partial charge in [0, 0.05) is 16.2 Å². The van der Waals surface area contributed by atoms with Gasteiger partial charge in [0.2, 0.25) is 5.88 Å². The third-order valence-corrected chi connectivity index (χ3v) is 4.21. The molecular weight excluding hydrogens is 322 g/mol. The molecule has 0 saturated carbocycles. The maximum Gasteiger partial charge on any atom is 0.264 e. The highest BCUT2D eigenvalue weighted by molar-refractivity contribution is 9.10. The minimum absolute atomic E-state index is 0.0530. The average molecular weight is 332 g/mol. The van der Waals surface area contributed by atoms with Crippen LogP contribution in [0.1, 0.15) is 5.69 Å². The first kappa shape index (κ1) is 12.9. The monoisotopic (exact) mass is 331 g/mol. The Hall–Kier alpha value is -1.54. The lowest BCUT2D eigenvalue weighted by Crippen LogP contribution is -2.12. The number of nitrogens with zero attached hydrogens (tertiary/aromatic N) is 1. The van der Waals surface area contributed by atoms with Crippen molar-refractivity contribution in [3.05, 3.63) is 34.4 Å². The predicted octanol–water partition coefficient (Wildman–Crippen LogP) is 2.13. The molecule has 0 aliphatic carbocycles. The summed E-state index contributed by atoms with van der Waals surface area (Å²) in [7, 11) is -3.72. The van der Waals surface area contributed by atoms with E-state index in [0.717, 1.165) is 0 Å². The van der Waals surface area contributed by atoms with E-state index in [4.69, 9.17) is 10.3 Å². The van der Waals surface area contributed by atoms with Gasteiger partial charge in [-0.3, -0.25) is 0 Å². The number of halogens is 1. The summed E-state index contributed by atoms with van der Waals surface area (Å²) in [6.45, 7) is 1.69. The van der Waals surface area contributed by atoms with Crippen molar-refractivity contribution in [2.24, 2.45) is 0 Å². The number of rotatable bonds is 3. The summed E-state index contributed by atoms with van der Waals surface area (Å²) in [5.41, 5.74) is 6.57. The minimum Gasteiger partial charge on any atom is -0.398 e. The van der Waals surface area contributed by atoms with Gasteiger partial charge in [-0.15, -0.1) is 0 Å². The van der Waals surface area contributed by atoms with Crippen LogP contribution >= 0.6 is 15.9 Å². The van der Waals surface area contributed by atoms with Crippen molar-refractivity contribution in [2.75, 3.05) is 10.5 Å². The Kier molecular flexibility index (Phi) is 3.31. The van der Waals surface area contributed by atoms with E-state index in [9.17, 15) is 8.42 Å². The molecule has 1 aromatic heterocycles. The number of nitrogens with one attached hydrogen (secondary N) is 1. The second kappa shape index (κ2) is 4.62. The van der Waals surface area contributed by atoms with Gasteiger partial charge in [-0.1, -0.05) is 5.16 Å². The molecule has 1 aromatic carbocycles. The first-order valence-corrected chi connectivity index (χ1v) is 7.17. The minimum atomic E-state index is -3.72. The second-order valence-corrected chi connectivity index (χ2v) is 6.16. The Bertz CT molecular complexity index is 681. The zero-order valence-electron chi connectivity index (χ0n) is 9.34. The number of nitrogen functional groups attached to an aromatic ring is 1. The molecule has 8 heteroatoms. The normalized spacial score (nSPS) is 11.4. The van der Waals surface area contributed by atoms with Gasteiger partial charge >= 0.3 is 0 Å². The van der Waals surface area contributed by atoms with Crippen LogP contribution < -0.4 is 10.5 Å². The molecule has 96 valence electrons. The van der Waals surface area contributed by atoms with Crippen molar-refractivity contribution >= 4 is 37.5 Å². The van der Waals surface area contributed by atoms with Gasteiger partial charge in [0.1, 0.15) is 0 Å². The summed E-state index contributed by atoms with van der Waals surface area (Å²) in [6.07, 6.45) is 0. The maximum atomic E-state index is 12.0. The van der Waals surface area contributed by atoms with E-state index < -0.39 is 10.0 Å². The average Bonchev–Trinajstić information content (AvgIpc) is 2.67. The van der Waals surface area contributed by atoms with Crippen molar-refractivity contribution < 1.29 is 12.9 Å². The molecule has 18 heavy (non-hydrogen) atoms. The lowest BCUT2D eigenvalue weighted by molar-refractivity contribution is 0.430. The maximum absolute atomic E-state index is 12.0. The van der Waals surface area contributed by atoms with Crippen molar-refractivity contribution in [2.45, 2.75) is 11.8 Å². The fourth-order valence-electron chi connectivity index (χ4n) is 1.29. The number of hydrogen-bond acceptors (Lipinski definition) is 5. The molecule has 0 radical (unpaired) electrons. The number of aromatic nitrogens is 1. The van der Waals surface area contributed by atoms with Crippen LogP contribution in [0.25, 0.3) is 0 Å². The molecule has 0 bridgehead atoms. The van der Waals surface area contributed by atoms with Crippen molar-refractivity contribution in [1.82, 2.24) is 5.16 Å². The van der Waals surface area contributed by atoms with Gasteiger partial charge < -0.3 is 10.3 Å². The number of nitrogens with two attached hydrogens (primary N) is 1. The third-order valence-electron chi connectivity index (χ3n) is 2.14. The molecule has 0 aliphatic rings. The van der Waals surface area contributed by atoms with E-state index >= 15 is 0 Å². The Morgan fingerprint density at radius 3 is 2.67 bits per heavy atom. The van der Waals surface area contributed by atoms with Crippen LogP contribution in [0.5, 0.6) is 0 Å². The number of sulfonamides is 1. The highest BCUT2D eigenvalue weighted by atomic mass is 79.9. The van der Waals surface area contributed by atoms with Crippen molar-refractivity contribution in [1.29, 1.82) is 0 Å². The van der Waals surface area contributed by atoms with E-state index in [2.05, 4.69) is 25.8 Å². The van der Waals surface area contributed by atoms with E-state index in [1.54, 1.807) is 13.0 Å². The summed E-state index contributed by atoms with van der Waals surface area (Å²) in [6, 6.07) is 5.84. The molecule has 6 nitrogen and oxygen atoms in total. The molecule has 0 spiro atoms. The second-order valence-electron chi connectivity index (χ2n) is 3.62. The van der Waals surface area contributed by atoms with Crippen molar-refractivity contribution in [3.8, 4) is 0 Å². The quantitative estimate of drug-likeness (QED) is 0.839. The van der Waals surface area contributed by atoms with E-state index in [1.807, 2.05) is 0 Å². The van der Waals surface area contributed by atoms with Gasteiger partial charge in [0.15, 0.2) is 0 Å². The summed E-state index contributed by atoms with van der Waals surface area (Å²) >= 11 is 3.20. The molecular formula is C10H10BrN3O3S. The first-order valence-electron chi connectivity index (χ1n) is 4.89. The lowest BCUT2D eigenvalue weighted by atomic mass is 10.3. The number of benzene rings is 1. The molecule has 1 heterocycles. The summed E-state index contributed by atoms with van der Waals surface area (Å²) < 4.78 is 31.7. The van der Waals surface area contributed by atoms with Crippen LogP contribution in [0.3, 0.4) is 0 Å². The molecule has 0 fully saturated rings. The molecule has 2 aromatic rings. The topological polar surface area (TPSA) is 98.2 Å².